The molecule has 0 fully saturated rings. The molecule has 8 nitrogen and oxygen atoms in total. The number of halogens is 4. The fourth-order valence-corrected chi connectivity index (χ4v) is 3.76. The molecule has 0 unspecified atom stereocenters. The summed E-state index contributed by atoms with van der Waals surface area (Å²) in [7, 11) is -4.36. The van der Waals surface area contributed by atoms with Crippen LogP contribution in [0.1, 0.15) is 5.56 Å². The summed E-state index contributed by atoms with van der Waals surface area (Å²) < 4.78 is 82.6. The highest BCUT2D eigenvalue weighted by molar-refractivity contribution is 7.92. The van der Waals surface area contributed by atoms with E-state index in [1.54, 1.807) is 0 Å². The van der Waals surface area contributed by atoms with Gasteiger partial charge in [-0.15, -0.1) is 0 Å². The molecule has 0 amide bonds. The third kappa shape index (κ3) is 3.54. The van der Waals surface area contributed by atoms with Crippen LogP contribution in [0.2, 0.25) is 0 Å². The van der Waals surface area contributed by atoms with Gasteiger partial charge in [0.05, 0.1) is 11.1 Å². The van der Waals surface area contributed by atoms with Gasteiger partial charge in [-0.3, -0.25) is 0 Å². The van der Waals surface area contributed by atoms with Crippen molar-refractivity contribution in [3.8, 4) is 11.4 Å². The standard InChI is InChI=1S/C17H10F4N6O2S/c18-11-8-10(17(19,20)21)13(15-22-3-1-4-23-15)9-7-12(26-14(9)11)30(28,29)27-16-24-5-2-6-25-16/h1-8,26H,(H,24,25,27). The number of hydrogen-bond acceptors (Lipinski definition) is 6. The van der Waals surface area contributed by atoms with Gasteiger partial charge in [-0.05, 0) is 24.3 Å². The lowest BCUT2D eigenvalue weighted by atomic mass is 10.0. The van der Waals surface area contributed by atoms with E-state index in [1.165, 1.54) is 36.9 Å². The van der Waals surface area contributed by atoms with Gasteiger partial charge in [-0.1, -0.05) is 0 Å². The zero-order valence-corrected chi connectivity index (χ0v) is 15.5. The number of nitrogens with zero attached hydrogens (tertiary/aromatic N) is 4. The Labute approximate surface area is 166 Å². The van der Waals surface area contributed by atoms with E-state index in [-0.39, 0.29) is 23.2 Å². The lowest BCUT2D eigenvalue weighted by Crippen LogP contribution is -2.15. The van der Waals surface area contributed by atoms with Gasteiger partial charge in [0.25, 0.3) is 10.0 Å². The Morgan fingerprint density at radius 2 is 1.53 bits per heavy atom. The molecule has 0 atom stereocenters. The maximum Gasteiger partial charge on any atom is 0.417 e. The Morgan fingerprint density at radius 3 is 2.13 bits per heavy atom. The zero-order chi connectivity index (χ0) is 21.5. The van der Waals surface area contributed by atoms with Crippen LogP contribution in [0.25, 0.3) is 22.3 Å². The summed E-state index contributed by atoms with van der Waals surface area (Å²) >= 11 is 0. The van der Waals surface area contributed by atoms with Crippen LogP contribution in [0, 0.1) is 5.82 Å². The fraction of sp³-hybridized carbons (Fsp3) is 0.0588. The van der Waals surface area contributed by atoms with Crippen LogP contribution in [0.3, 0.4) is 0 Å². The number of benzene rings is 1. The normalized spacial score (nSPS) is 12.3. The average Bonchev–Trinajstić information content (AvgIpc) is 3.15. The minimum atomic E-state index is -4.93. The Balaban J connectivity index is 1.96. The molecular weight excluding hydrogens is 428 g/mol. The van der Waals surface area contributed by atoms with Crippen LogP contribution >= 0.6 is 0 Å². The third-order valence-corrected chi connectivity index (χ3v) is 5.27. The molecule has 3 aromatic heterocycles. The van der Waals surface area contributed by atoms with E-state index in [2.05, 4.69) is 29.6 Å². The zero-order valence-electron chi connectivity index (χ0n) is 14.6. The molecule has 0 bridgehead atoms. The summed E-state index contributed by atoms with van der Waals surface area (Å²) in [4.78, 5) is 17.4. The fourth-order valence-electron chi connectivity index (χ4n) is 2.80. The summed E-state index contributed by atoms with van der Waals surface area (Å²) in [5.41, 5.74) is -2.33. The number of rotatable bonds is 4. The molecule has 0 aliphatic carbocycles. The predicted molar refractivity (Wildman–Crippen MR) is 97.1 cm³/mol. The van der Waals surface area contributed by atoms with Gasteiger partial charge < -0.3 is 4.98 Å². The van der Waals surface area contributed by atoms with Gasteiger partial charge in [-0.25, -0.2) is 29.0 Å². The number of alkyl halides is 3. The van der Waals surface area contributed by atoms with Crippen molar-refractivity contribution in [2.45, 2.75) is 11.2 Å². The Bertz CT molecular complexity index is 1330. The van der Waals surface area contributed by atoms with Gasteiger partial charge in [0.15, 0.2) is 10.9 Å². The summed E-state index contributed by atoms with van der Waals surface area (Å²) in [5, 5.41) is -0.928. The van der Waals surface area contributed by atoms with Gasteiger partial charge >= 0.3 is 6.18 Å². The van der Waals surface area contributed by atoms with Crippen molar-refractivity contribution < 1.29 is 26.0 Å². The van der Waals surface area contributed by atoms with E-state index < -0.39 is 43.7 Å². The molecule has 0 radical (unpaired) electrons. The number of sulfonamides is 1. The topological polar surface area (TPSA) is 114 Å². The van der Waals surface area contributed by atoms with E-state index in [4.69, 9.17) is 0 Å². The van der Waals surface area contributed by atoms with E-state index in [1.807, 2.05) is 0 Å². The first-order valence-corrected chi connectivity index (χ1v) is 9.65. The second-order valence-electron chi connectivity index (χ2n) is 5.95. The smallest absolute Gasteiger partial charge is 0.342 e. The summed E-state index contributed by atoms with van der Waals surface area (Å²) in [5.74, 6) is -1.88. The molecule has 0 aliphatic heterocycles. The summed E-state index contributed by atoms with van der Waals surface area (Å²) in [6, 6.07) is 4.01. The molecule has 0 saturated heterocycles. The number of aromatic nitrogens is 5. The van der Waals surface area contributed by atoms with E-state index in [0.29, 0.717) is 0 Å². The molecule has 4 rings (SSSR count). The molecule has 3 heterocycles. The molecule has 0 saturated carbocycles. The van der Waals surface area contributed by atoms with E-state index in [9.17, 15) is 26.0 Å². The molecule has 13 heteroatoms. The maximum atomic E-state index is 14.5. The predicted octanol–water partition coefficient (Wildman–Crippen LogP) is 3.37. The molecule has 4 aromatic rings. The highest BCUT2D eigenvalue weighted by Crippen LogP contribution is 2.41. The largest absolute Gasteiger partial charge is 0.417 e. The molecule has 2 N–H and O–H groups in total. The number of hydrogen-bond donors (Lipinski definition) is 2. The first-order valence-electron chi connectivity index (χ1n) is 8.16. The quantitative estimate of drug-likeness (QED) is 0.473. The summed E-state index contributed by atoms with van der Waals surface area (Å²) in [6.07, 6.45) is 0.0783. The van der Waals surface area contributed by atoms with Gasteiger partial charge in [0.1, 0.15) is 5.82 Å². The highest BCUT2D eigenvalue weighted by Gasteiger charge is 2.37. The van der Waals surface area contributed by atoms with E-state index >= 15 is 0 Å². The Morgan fingerprint density at radius 1 is 0.933 bits per heavy atom. The lowest BCUT2D eigenvalue weighted by Gasteiger charge is -2.13. The molecule has 1 aromatic carbocycles. The van der Waals surface area contributed by atoms with Crippen molar-refractivity contribution in [2.24, 2.45) is 0 Å². The minimum Gasteiger partial charge on any atom is -0.342 e. The number of nitrogens with one attached hydrogen (secondary N) is 2. The van der Waals surface area contributed by atoms with Gasteiger partial charge in [0, 0.05) is 35.7 Å². The maximum absolute atomic E-state index is 14.5. The van der Waals surface area contributed by atoms with Crippen LogP contribution < -0.4 is 4.72 Å². The number of H-pyrrole nitrogens is 1. The second-order valence-corrected chi connectivity index (χ2v) is 7.60. The van der Waals surface area contributed by atoms with Crippen LogP contribution in [0.4, 0.5) is 23.5 Å². The number of fused-ring (bicyclic) bond motifs is 1. The number of anilines is 1. The van der Waals surface area contributed by atoms with Crippen LogP contribution in [-0.2, 0) is 16.2 Å². The first kappa shape index (κ1) is 19.7. The van der Waals surface area contributed by atoms with Crippen molar-refractivity contribution in [2.75, 3.05) is 4.72 Å². The molecular formula is C17H10F4N6O2S. The monoisotopic (exact) mass is 438 g/mol. The Kier molecular flexibility index (Phi) is 4.61. The Hall–Kier alpha value is -3.61. The molecule has 0 spiro atoms. The molecule has 0 aliphatic rings. The van der Waals surface area contributed by atoms with Crippen LogP contribution in [0.15, 0.2) is 54.1 Å². The summed E-state index contributed by atoms with van der Waals surface area (Å²) in [6.45, 7) is 0. The van der Waals surface area contributed by atoms with Crippen molar-refractivity contribution in [3.63, 3.8) is 0 Å². The van der Waals surface area contributed by atoms with E-state index in [0.717, 1.165) is 6.07 Å². The average molecular weight is 438 g/mol. The highest BCUT2D eigenvalue weighted by atomic mass is 32.2. The van der Waals surface area contributed by atoms with Crippen molar-refractivity contribution in [1.82, 2.24) is 24.9 Å². The van der Waals surface area contributed by atoms with Crippen LogP contribution in [-0.4, -0.2) is 33.3 Å². The van der Waals surface area contributed by atoms with Crippen molar-refractivity contribution in [3.05, 3.63) is 60.4 Å². The van der Waals surface area contributed by atoms with Crippen molar-refractivity contribution >= 4 is 26.9 Å². The second kappa shape index (κ2) is 7.02. The third-order valence-electron chi connectivity index (χ3n) is 4.02. The minimum absolute atomic E-state index is 0.265. The first-order chi connectivity index (χ1) is 14.2. The number of aromatic amines is 1. The molecule has 30 heavy (non-hydrogen) atoms. The van der Waals surface area contributed by atoms with Gasteiger partial charge in [0.2, 0.25) is 5.95 Å². The van der Waals surface area contributed by atoms with Crippen molar-refractivity contribution in [1.29, 1.82) is 0 Å². The lowest BCUT2D eigenvalue weighted by molar-refractivity contribution is -0.137. The van der Waals surface area contributed by atoms with Crippen LogP contribution in [0.5, 0.6) is 0 Å². The SMILES string of the molecule is O=S(=O)(Nc1ncccn1)c1cc2c(-c3ncccn3)c(C(F)(F)F)cc(F)c2[nH]1. The van der Waals surface area contributed by atoms with Gasteiger partial charge in [-0.2, -0.15) is 21.6 Å². The molecule has 154 valence electrons.